The van der Waals surface area contributed by atoms with Gasteiger partial charge in [-0.2, -0.15) is 8.42 Å². The van der Waals surface area contributed by atoms with E-state index >= 15 is 0 Å². The van der Waals surface area contributed by atoms with Crippen LogP contribution in [0.1, 0.15) is 50.0 Å². The lowest BCUT2D eigenvalue weighted by Gasteiger charge is -2.24. The Morgan fingerprint density at radius 2 is 2.14 bits per heavy atom. The maximum absolute atomic E-state index is 13.5. The first-order valence-electron chi connectivity index (χ1n) is 11.6. The highest BCUT2D eigenvalue weighted by molar-refractivity contribution is 7.99. The number of aromatic nitrogens is 2. The van der Waals surface area contributed by atoms with E-state index in [1.165, 1.54) is 35.0 Å². The number of thiophene rings is 1. The molecule has 0 bridgehead atoms. The zero-order valence-electron chi connectivity index (χ0n) is 19.5. The minimum absolute atomic E-state index is 0.112. The summed E-state index contributed by atoms with van der Waals surface area (Å²) in [6, 6.07) is 7.70. The number of nitrogens with zero attached hydrogens (tertiary/aromatic N) is 2. The van der Waals surface area contributed by atoms with E-state index in [1.807, 2.05) is 35.3 Å². The molecule has 0 saturated heterocycles. The predicted octanol–water partition coefficient (Wildman–Crippen LogP) is 3.57. The van der Waals surface area contributed by atoms with Crippen LogP contribution in [-0.2, 0) is 20.9 Å². The van der Waals surface area contributed by atoms with Gasteiger partial charge in [0.2, 0.25) is 5.78 Å². The van der Waals surface area contributed by atoms with Crippen molar-refractivity contribution < 1.29 is 22.5 Å². The number of nitrogens with one attached hydrogen (secondary N) is 1. The molecule has 0 radical (unpaired) electrons. The van der Waals surface area contributed by atoms with Gasteiger partial charge in [-0.1, -0.05) is 17.7 Å². The van der Waals surface area contributed by atoms with Gasteiger partial charge in [-0.25, -0.2) is 15.1 Å². The Bertz CT molecular complexity index is 1420. The SMILES string of the molecule is NS(=O)(=O)OC[C@H]1C[C@@H](Nc2ncncc2C(=O)c2cc([C@H]3SCCc4ccc(Cl)cc43)cs2)C[C@@H]1O. The molecule has 1 aromatic carbocycles. The van der Waals surface area contributed by atoms with Gasteiger partial charge >= 0.3 is 10.3 Å². The third kappa shape index (κ3) is 6.17. The second-order valence-corrected chi connectivity index (χ2v) is 12.9. The van der Waals surface area contributed by atoms with E-state index in [-0.39, 0.29) is 23.7 Å². The first-order chi connectivity index (χ1) is 17.7. The van der Waals surface area contributed by atoms with Crippen molar-refractivity contribution >= 4 is 56.6 Å². The lowest BCUT2D eigenvalue weighted by atomic mass is 9.98. The Morgan fingerprint density at radius 3 is 2.95 bits per heavy atom. The molecule has 0 amide bonds. The molecule has 0 spiro atoms. The summed E-state index contributed by atoms with van der Waals surface area (Å²) in [5, 5.41) is 21.3. The molecule has 1 aliphatic heterocycles. The van der Waals surface area contributed by atoms with Crippen LogP contribution in [0, 0.1) is 5.92 Å². The minimum atomic E-state index is -4.09. The molecule has 0 unspecified atom stereocenters. The van der Waals surface area contributed by atoms with E-state index in [0.717, 1.165) is 17.7 Å². The number of carbonyl (C=O) groups is 1. The number of benzene rings is 1. The van der Waals surface area contributed by atoms with Crippen molar-refractivity contribution in [2.75, 3.05) is 17.7 Å². The maximum Gasteiger partial charge on any atom is 0.333 e. The number of hydrogen-bond donors (Lipinski definition) is 3. The predicted molar refractivity (Wildman–Crippen MR) is 144 cm³/mol. The number of hydrogen-bond acceptors (Lipinski definition) is 10. The van der Waals surface area contributed by atoms with Crippen LogP contribution < -0.4 is 10.5 Å². The molecule has 1 saturated carbocycles. The number of carbonyl (C=O) groups excluding carboxylic acids is 1. The van der Waals surface area contributed by atoms with Crippen LogP contribution >= 0.6 is 34.7 Å². The molecule has 1 aliphatic carbocycles. The molecule has 5 rings (SSSR count). The number of ketones is 1. The number of aliphatic hydroxyl groups is 1. The zero-order chi connectivity index (χ0) is 26.2. The maximum atomic E-state index is 13.5. The van der Waals surface area contributed by atoms with Crippen LogP contribution in [-0.4, -0.2) is 53.8 Å². The van der Waals surface area contributed by atoms with E-state index in [0.29, 0.717) is 34.1 Å². The fourth-order valence-corrected chi connectivity index (χ4v) is 7.64. The quantitative estimate of drug-likeness (QED) is 0.340. The standard InChI is InChI=1S/C24H25ClN4O5S3/c25-16-2-1-13-3-4-35-23(18(13)7-16)15-6-21(36-11-15)22(31)19-9-27-12-28-24(19)29-17-5-14(20(30)8-17)10-34-37(26,32)33/h1-2,6-7,9,11-12,14,17,20,23,30H,3-5,8,10H2,(H2,26,32,33)(H,27,28,29)/t14-,17-,20+,23-/m1/s1. The zero-order valence-corrected chi connectivity index (χ0v) is 22.7. The van der Waals surface area contributed by atoms with Crippen molar-refractivity contribution in [1.82, 2.24) is 9.97 Å². The molecule has 37 heavy (non-hydrogen) atoms. The number of anilines is 1. The lowest BCUT2D eigenvalue weighted by Crippen LogP contribution is -2.24. The normalized spacial score (nSPS) is 23.5. The van der Waals surface area contributed by atoms with E-state index in [9.17, 15) is 18.3 Å². The highest BCUT2D eigenvalue weighted by atomic mass is 35.5. The Labute approximate surface area is 228 Å². The number of nitrogens with two attached hydrogens (primary N) is 1. The summed E-state index contributed by atoms with van der Waals surface area (Å²) in [6.45, 7) is -0.209. The first-order valence-corrected chi connectivity index (χ1v) is 15.4. The first kappa shape index (κ1) is 26.5. The van der Waals surface area contributed by atoms with Gasteiger partial charge in [-0.15, -0.1) is 23.1 Å². The van der Waals surface area contributed by atoms with Gasteiger partial charge in [0.1, 0.15) is 12.1 Å². The topological polar surface area (TPSA) is 144 Å². The number of aliphatic hydroxyl groups excluding tert-OH is 1. The Hall–Kier alpha value is -2.06. The van der Waals surface area contributed by atoms with Crippen LogP contribution in [0.3, 0.4) is 0 Å². The molecule has 1 fully saturated rings. The van der Waals surface area contributed by atoms with Crippen LogP contribution in [0.4, 0.5) is 5.82 Å². The van der Waals surface area contributed by atoms with Gasteiger partial charge in [0.05, 0.1) is 28.4 Å². The van der Waals surface area contributed by atoms with Gasteiger partial charge in [-0.3, -0.25) is 8.98 Å². The number of thioether (sulfide) groups is 1. The van der Waals surface area contributed by atoms with Gasteiger partial charge < -0.3 is 10.4 Å². The summed E-state index contributed by atoms with van der Waals surface area (Å²) in [5.41, 5.74) is 3.85. The van der Waals surface area contributed by atoms with Crippen molar-refractivity contribution in [3.05, 3.63) is 74.3 Å². The van der Waals surface area contributed by atoms with Gasteiger partial charge in [0, 0.05) is 23.2 Å². The molecule has 3 aromatic rings. The fourth-order valence-electron chi connectivity index (χ4n) is 4.82. The molecular formula is C24H25ClN4O5S3. The smallest absolute Gasteiger partial charge is 0.333 e. The van der Waals surface area contributed by atoms with E-state index < -0.39 is 22.3 Å². The lowest BCUT2D eigenvalue weighted by molar-refractivity contribution is 0.101. The average molecular weight is 581 g/mol. The van der Waals surface area contributed by atoms with Gasteiger partial charge in [-0.05, 0) is 65.3 Å². The van der Waals surface area contributed by atoms with Crippen molar-refractivity contribution in [2.45, 2.75) is 36.7 Å². The number of halogens is 1. The van der Waals surface area contributed by atoms with Crippen LogP contribution in [0.15, 0.2) is 42.2 Å². The third-order valence-electron chi connectivity index (χ3n) is 6.59. The van der Waals surface area contributed by atoms with E-state index in [2.05, 4.69) is 25.5 Å². The second-order valence-electron chi connectivity index (χ2n) is 9.12. The third-order valence-corrected chi connectivity index (χ3v) is 9.54. The van der Waals surface area contributed by atoms with E-state index in [1.54, 1.807) is 0 Å². The number of aryl methyl sites for hydroxylation is 1. The van der Waals surface area contributed by atoms with Gasteiger partial charge in [0.15, 0.2) is 0 Å². The van der Waals surface area contributed by atoms with Crippen LogP contribution in [0.2, 0.25) is 5.02 Å². The summed E-state index contributed by atoms with van der Waals surface area (Å²) in [5.74, 6) is 0.750. The minimum Gasteiger partial charge on any atom is -0.393 e. The average Bonchev–Trinajstić information content (AvgIpc) is 3.48. The molecule has 4 atom stereocenters. The van der Waals surface area contributed by atoms with Crippen LogP contribution in [0.5, 0.6) is 0 Å². The monoisotopic (exact) mass is 580 g/mol. The van der Waals surface area contributed by atoms with Gasteiger partial charge in [0.25, 0.3) is 0 Å². The van der Waals surface area contributed by atoms with Crippen molar-refractivity contribution in [2.24, 2.45) is 11.1 Å². The van der Waals surface area contributed by atoms with Crippen molar-refractivity contribution in [3.8, 4) is 0 Å². The summed E-state index contributed by atoms with van der Waals surface area (Å²) in [7, 11) is -4.09. The second kappa shape index (κ2) is 11.0. The molecule has 196 valence electrons. The molecular weight excluding hydrogens is 556 g/mol. The molecule has 2 aliphatic rings. The summed E-state index contributed by atoms with van der Waals surface area (Å²) >= 11 is 9.49. The Balaban J connectivity index is 1.32. The number of rotatable bonds is 8. The number of fused-ring (bicyclic) bond motifs is 1. The fraction of sp³-hybridized carbons (Fsp3) is 0.375. The van der Waals surface area contributed by atoms with Crippen molar-refractivity contribution in [1.29, 1.82) is 0 Å². The highest BCUT2D eigenvalue weighted by Gasteiger charge is 2.35. The molecule has 9 nitrogen and oxygen atoms in total. The Morgan fingerprint density at radius 1 is 1.30 bits per heavy atom. The van der Waals surface area contributed by atoms with Crippen molar-refractivity contribution in [3.63, 3.8) is 0 Å². The summed E-state index contributed by atoms with van der Waals surface area (Å²) in [6.07, 6.45) is 3.83. The largest absolute Gasteiger partial charge is 0.393 e. The molecule has 2 aromatic heterocycles. The molecule has 13 heteroatoms. The van der Waals surface area contributed by atoms with E-state index in [4.69, 9.17) is 16.7 Å². The summed E-state index contributed by atoms with van der Waals surface area (Å²) < 4.78 is 26.9. The Kier molecular flexibility index (Phi) is 7.87. The highest BCUT2D eigenvalue weighted by Crippen LogP contribution is 2.44. The molecule has 3 heterocycles. The summed E-state index contributed by atoms with van der Waals surface area (Å²) in [4.78, 5) is 22.4. The molecule has 4 N–H and O–H groups in total. The van der Waals surface area contributed by atoms with Crippen LogP contribution in [0.25, 0.3) is 0 Å².